The van der Waals surface area contributed by atoms with Gasteiger partial charge in [-0.2, -0.15) is 0 Å². The predicted molar refractivity (Wildman–Crippen MR) is 90.8 cm³/mol. The Hall–Kier alpha value is -2.08. The average Bonchev–Trinajstić information content (AvgIpc) is 2.59. The van der Waals surface area contributed by atoms with Crippen LogP contribution in [0.15, 0.2) is 24.3 Å². The summed E-state index contributed by atoms with van der Waals surface area (Å²) in [7, 11) is 0. The van der Waals surface area contributed by atoms with E-state index in [9.17, 15) is 9.59 Å². The molecule has 1 amide bonds. The molecule has 134 valence electrons. The van der Waals surface area contributed by atoms with Gasteiger partial charge in [-0.25, -0.2) is 0 Å². The SMILES string of the molecule is CCCOC(=O)Cc1ccc(OCOCC(=O)N(CC)CC)cc1. The molecule has 24 heavy (non-hydrogen) atoms. The molecule has 0 unspecified atom stereocenters. The maximum atomic E-state index is 11.7. The van der Waals surface area contributed by atoms with E-state index in [0.717, 1.165) is 12.0 Å². The van der Waals surface area contributed by atoms with E-state index in [0.29, 0.717) is 25.4 Å². The van der Waals surface area contributed by atoms with E-state index in [1.807, 2.05) is 32.9 Å². The Labute approximate surface area is 143 Å². The minimum Gasteiger partial charge on any atom is -0.468 e. The Bertz CT molecular complexity index is 497. The number of carbonyl (C=O) groups is 2. The first-order chi connectivity index (χ1) is 11.6. The highest BCUT2D eigenvalue weighted by Gasteiger charge is 2.09. The number of benzene rings is 1. The van der Waals surface area contributed by atoms with E-state index < -0.39 is 0 Å². The lowest BCUT2D eigenvalue weighted by Gasteiger charge is -2.18. The van der Waals surface area contributed by atoms with Gasteiger partial charge in [0.05, 0.1) is 13.0 Å². The fraction of sp³-hybridized carbons (Fsp3) is 0.556. The average molecular weight is 337 g/mol. The Kier molecular flexibility index (Phi) is 9.53. The van der Waals surface area contributed by atoms with Crippen LogP contribution in [0.2, 0.25) is 0 Å². The third-order valence-corrected chi connectivity index (χ3v) is 3.39. The molecule has 0 aliphatic heterocycles. The standard InChI is InChI=1S/C18H27NO5/c1-4-11-23-18(21)12-15-7-9-16(10-8-15)24-14-22-13-17(20)19(5-2)6-3/h7-10H,4-6,11-14H2,1-3H3. The maximum Gasteiger partial charge on any atom is 0.310 e. The number of nitrogens with zero attached hydrogens (tertiary/aromatic N) is 1. The van der Waals surface area contributed by atoms with Gasteiger partial charge in [0.15, 0.2) is 6.79 Å². The summed E-state index contributed by atoms with van der Waals surface area (Å²) in [6.45, 7) is 7.60. The van der Waals surface area contributed by atoms with Crippen molar-refractivity contribution in [2.75, 3.05) is 33.1 Å². The summed E-state index contributed by atoms with van der Waals surface area (Å²) in [6.07, 6.45) is 1.06. The molecule has 1 aromatic carbocycles. The highest BCUT2D eigenvalue weighted by molar-refractivity contribution is 5.77. The van der Waals surface area contributed by atoms with Crippen molar-refractivity contribution in [3.05, 3.63) is 29.8 Å². The lowest BCUT2D eigenvalue weighted by atomic mass is 10.1. The summed E-state index contributed by atoms with van der Waals surface area (Å²) < 4.78 is 15.7. The molecule has 0 heterocycles. The molecular formula is C18H27NO5. The smallest absolute Gasteiger partial charge is 0.310 e. The first-order valence-electron chi connectivity index (χ1n) is 8.33. The molecule has 0 aliphatic carbocycles. The number of ether oxygens (including phenoxy) is 3. The van der Waals surface area contributed by atoms with Crippen molar-refractivity contribution in [2.45, 2.75) is 33.6 Å². The van der Waals surface area contributed by atoms with Crippen molar-refractivity contribution in [1.29, 1.82) is 0 Å². The summed E-state index contributed by atoms with van der Waals surface area (Å²) >= 11 is 0. The van der Waals surface area contributed by atoms with Crippen LogP contribution >= 0.6 is 0 Å². The Morgan fingerprint density at radius 2 is 1.71 bits per heavy atom. The van der Waals surface area contributed by atoms with Gasteiger partial charge in [0.1, 0.15) is 12.4 Å². The normalized spacial score (nSPS) is 10.3. The van der Waals surface area contributed by atoms with Crippen LogP contribution < -0.4 is 4.74 Å². The molecule has 0 spiro atoms. The molecular weight excluding hydrogens is 310 g/mol. The van der Waals surface area contributed by atoms with Gasteiger partial charge in [-0.3, -0.25) is 9.59 Å². The molecule has 1 aromatic rings. The largest absolute Gasteiger partial charge is 0.468 e. The van der Waals surface area contributed by atoms with Crippen molar-refractivity contribution >= 4 is 11.9 Å². The van der Waals surface area contributed by atoms with Crippen molar-refractivity contribution in [1.82, 2.24) is 4.90 Å². The molecule has 0 N–H and O–H groups in total. The monoisotopic (exact) mass is 337 g/mol. The number of likely N-dealkylation sites (N-methyl/N-ethyl adjacent to an activating group) is 1. The highest BCUT2D eigenvalue weighted by atomic mass is 16.7. The zero-order valence-electron chi connectivity index (χ0n) is 14.7. The zero-order chi connectivity index (χ0) is 17.8. The van der Waals surface area contributed by atoms with Gasteiger partial charge in [-0.15, -0.1) is 0 Å². The van der Waals surface area contributed by atoms with E-state index in [4.69, 9.17) is 14.2 Å². The fourth-order valence-electron chi connectivity index (χ4n) is 2.04. The molecule has 0 aliphatic rings. The van der Waals surface area contributed by atoms with Crippen LogP contribution in [0.25, 0.3) is 0 Å². The second-order valence-corrected chi connectivity index (χ2v) is 5.22. The summed E-state index contributed by atoms with van der Waals surface area (Å²) in [5.41, 5.74) is 0.862. The molecule has 0 saturated carbocycles. The molecule has 6 heteroatoms. The number of esters is 1. The first-order valence-corrected chi connectivity index (χ1v) is 8.33. The molecule has 6 nitrogen and oxygen atoms in total. The minimum absolute atomic E-state index is 0.00301. The quantitative estimate of drug-likeness (QED) is 0.352. The molecule has 0 aromatic heterocycles. The van der Waals surface area contributed by atoms with E-state index in [-0.39, 0.29) is 31.7 Å². The zero-order valence-corrected chi connectivity index (χ0v) is 14.7. The van der Waals surface area contributed by atoms with Crippen LogP contribution in [0.5, 0.6) is 5.75 Å². The number of hydrogen-bond acceptors (Lipinski definition) is 5. The summed E-state index contributed by atoms with van der Waals surface area (Å²) in [6, 6.07) is 7.14. The number of hydrogen-bond donors (Lipinski definition) is 0. The van der Waals surface area contributed by atoms with Crippen LogP contribution in [0.4, 0.5) is 0 Å². The second-order valence-electron chi connectivity index (χ2n) is 5.22. The Morgan fingerprint density at radius 3 is 2.29 bits per heavy atom. The van der Waals surface area contributed by atoms with Crippen LogP contribution in [0.1, 0.15) is 32.8 Å². The Morgan fingerprint density at radius 1 is 1.04 bits per heavy atom. The van der Waals surface area contributed by atoms with Gasteiger partial charge >= 0.3 is 5.97 Å². The van der Waals surface area contributed by atoms with Crippen LogP contribution in [-0.4, -0.2) is 49.9 Å². The molecule has 0 radical (unpaired) electrons. The van der Waals surface area contributed by atoms with Gasteiger partial charge in [0, 0.05) is 13.1 Å². The van der Waals surface area contributed by atoms with Crippen molar-refractivity contribution in [3.63, 3.8) is 0 Å². The predicted octanol–water partition coefficient (Wildman–Crippen LogP) is 2.40. The van der Waals surface area contributed by atoms with Gasteiger partial charge in [-0.05, 0) is 38.0 Å². The van der Waals surface area contributed by atoms with Crippen LogP contribution in [0.3, 0.4) is 0 Å². The van der Waals surface area contributed by atoms with E-state index >= 15 is 0 Å². The van der Waals surface area contributed by atoms with E-state index in [2.05, 4.69) is 0 Å². The molecule has 0 saturated heterocycles. The van der Waals surface area contributed by atoms with E-state index in [1.165, 1.54) is 0 Å². The summed E-state index contributed by atoms with van der Waals surface area (Å²) in [4.78, 5) is 25.0. The van der Waals surface area contributed by atoms with Gasteiger partial charge in [-0.1, -0.05) is 19.1 Å². The van der Waals surface area contributed by atoms with Crippen molar-refractivity contribution in [2.24, 2.45) is 0 Å². The molecule has 0 atom stereocenters. The highest BCUT2D eigenvalue weighted by Crippen LogP contribution is 2.13. The third-order valence-electron chi connectivity index (χ3n) is 3.39. The van der Waals surface area contributed by atoms with Crippen LogP contribution in [-0.2, 0) is 25.5 Å². The summed E-state index contributed by atoms with van der Waals surface area (Å²) in [5.74, 6) is 0.337. The molecule has 0 fully saturated rings. The number of amides is 1. The molecule has 1 rings (SSSR count). The lowest BCUT2D eigenvalue weighted by molar-refractivity contribution is -0.142. The first kappa shape index (κ1) is 20.0. The lowest BCUT2D eigenvalue weighted by Crippen LogP contribution is -2.33. The summed E-state index contributed by atoms with van der Waals surface area (Å²) in [5, 5.41) is 0. The molecule has 0 bridgehead atoms. The van der Waals surface area contributed by atoms with E-state index in [1.54, 1.807) is 17.0 Å². The maximum absolute atomic E-state index is 11.7. The van der Waals surface area contributed by atoms with Gasteiger partial charge in [0.25, 0.3) is 0 Å². The van der Waals surface area contributed by atoms with Crippen molar-refractivity contribution in [3.8, 4) is 5.75 Å². The van der Waals surface area contributed by atoms with Gasteiger partial charge in [0.2, 0.25) is 5.91 Å². The third kappa shape index (κ3) is 7.46. The van der Waals surface area contributed by atoms with Crippen molar-refractivity contribution < 1.29 is 23.8 Å². The van der Waals surface area contributed by atoms with Gasteiger partial charge < -0.3 is 19.1 Å². The topological polar surface area (TPSA) is 65.1 Å². The number of rotatable bonds is 11. The van der Waals surface area contributed by atoms with Crippen LogP contribution in [0, 0.1) is 0 Å². The fourth-order valence-corrected chi connectivity index (χ4v) is 2.04. The second kappa shape index (κ2) is 11.5. The minimum atomic E-state index is -0.233. The Balaban J connectivity index is 2.29. The number of carbonyl (C=O) groups excluding carboxylic acids is 2.